The average Bonchev–Trinajstić information content (AvgIpc) is 2.43. The molecule has 1 aliphatic rings. The molecule has 0 spiro atoms. The average molecular weight is 325 g/mol. The molecule has 0 aromatic carbocycles. The Morgan fingerprint density at radius 1 is 1.35 bits per heavy atom. The molecule has 1 fully saturated rings. The molecule has 0 saturated carbocycles. The molecule has 1 heterocycles. The molecule has 0 radical (unpaired) electrons. The van der Waals surface area contributed by atoms with Crippen molar-refractivity contribution in [2.45, 2.75) is 38.1 Å². The minimum atomic E-state index is -0.162. The molecule has 1 rings (SSSR count). The van der Waals surface area contributed by atoms with Gasteiger partial charge in [-0.2, -0.15) is 11.8 Å². The van der Waals surface area contributed by atoms with Crippen molar-refractivity contribution in [3.8, 4) is 0 Å². The molecule has 0 bridgehead atoms. The third-order valence-electron chi connectivity index (χ3n) is 3.04. The monoisotopic (exact) mass is 324 g/mol. The van der Waals surface area contributed by atoms with Crippen molar-refractivity contribution < 1.29 is 14.3 Å². The number of methoxy groups -OCH3 is 1. The van der Waals surface area contributed by atoms with Crippen molar-refractivity contribution >= 4 is 36.0 Å². The van der Waals surface area contributed by atoms with Crippen molar-refractivity contribution in [3.05, 3.63) is 0 Å². The topological polar surface area (TPSA) is 67.4 Å². The van der Waals surface area contributed by atoms with Gasteiger partial charge in [0.2, 0.25) is 5.91 Å². The summed E-state index contributed by atoms with van der Waals surface area (Å²) in [6.45, 7) is 1.69. The molecule has 0 aromatic rings. The normalized spacial score (nSPS) is 17.9. The van der Waals surface area contributed by atoms with E-state index in [-0.39, 0.29) is 24.3 Å². The molecular formula is C13H25ClN2O3S. The lowest BCUT2D eigenvalue weighted by Crippen LogP contribution is -2.41. The summed E-state index contributed by atoms with van der Waals surface area (Å²) in [5.74, 6) is 2.11. The second-order valence-electron chi connectivity index (χ2n) is 4.67. The molecule has 20 heavy (non-hydrogen) atoms. The van der Waals surface area contributed by atoms with Crippen LogP contribution in [0.15, 0.2) is 0 Å². The maximum absolute atomic E-state index is 11.7. The zero-order valence-corrected chi connectivity index (χ0v) is 13.6. The maximum atomic E-state index is 11.7. The Morgan fingerprint density at radius 3 is 2.80 bits per heavy atom. The zero-order chi connectivity index (χ0) is 13.9. The van der Waals surface area contributed by atoms with Crippen molar-refractivity contribution in [3.63, 3.8) is 0 Å². The van der Waals surface area contributed by atoms with Gasteiger partial charge in [0.15, 0.2) is 0 Å². The number of nitrogens with one attached hydrogen (secondary N) is 2. The fourth-order valence-corrected chi connectivity index (χ4v) is 2.90. The van der Waals surface area contributed by atoms with Crippen molar-refractivity contribution in [1.29, 1.82) is 0 Å². The lowest BCUT2D eigenvalue weighted by atomic mass is 10.2. The molecule has 1 saturated heterocycles. The van der Waals surface area contributed by atoms with Crippen molar-refractivity contribution in [2.75, 3.05) is 31.7 Å². The number of unbranched alkanes of at least 4 members (excludes halogenated alkanes) is 2. The van der Waals surface area contributed by atoms with E-state index in [0.29, 0.717) is 25.4 Å². The van der Waals surface area contributed by atoms with Crippen LogP contribution in [0.1, 0.15) is 32.1 Å². The quantitative estimate of drug-likeness (QED) is 0.521. The first kappa shape index (κ1) is 19.5. The molecule has 5 nitrogen and oxygen atoms in total. The van der Waals surface area contributed by atoms with Crippen LogP contribution in [-0.4, -0.2) is 49.6 Å². The second-order valence-corrected chi connectivity index (χ2v) is 5.82. The predicted octanol–water partition coefficient (Wildman–Crippen LogP) is 1.35. The summed E-state index contributed by atoms with van der Waals surface area (Å²) < 4.78 is 4.56. The summed E-state index contributed by atoms with van der Waals surface area (Å²) in [6.07, 6.45) is 3.70. The minimum absolute atomic E-state index is 0. The predicted molar refractivity (Wildman–Crippen MR) is 84.5 cm³/mol. The first-order valence-electron chi connectivity index (χ1n) is 6.87. The number of esters is 1. The van der Waals surface area contributed by atoms with Crippen molar-refractivity contribution in [2.24, 2.45) is 0 Å². The van der Waals surface area contributed by atoms with Crippen LogP contribution in [0.2, 0.25) is 0 Å². The summed E-state index contributed by atoms with van der Waals surface area (Å²) in [6, 6.07) is 0.318. The van der Waals surface area contributed by atoms with Crippen LogP contribution >= 0.6 is 24.2 Å². The maximum Gasteiger partial charge on any atom is 0.305 e. The number of carbonyl (C=O) groups is 2. The highest BCUT2D eigenvalue weighted by molar-refractivity contribution is 7.99. The van der Waals surface area contributed by atoms with Crippen molar-refractivity contribution in [1.82, 2.24) is 10.6 Å². The van der Waals surface area contributed by atoms with Gasteiger partial charge in [0.05, 0.1) is 7.11 Å². The standard InChI is InChI=1S/C13H24N2O3S.ClH/c1-18-13(17)5-3-2-4-6-15-12(16)9-11-10-19-8-7-14-11;/h11,14H,2-10H2,1H3,(H,15,16);1H. The van der Waals surface area contributed by atoms with Gasteiger partial charge in [-0.25, -0.2) is 0 Å². The number of halogens is 1. The molecule has 2 N–H and O–H groups in total. The number of hydrogen-bond donors (Lipinski definition) is 2. The van der Waals surface area contributed by atoms with E-state index in [0.717, 1.165) is 37.3 Å². The van der Waals surface area contributed by atoms with Gasteiger partial charge in [0.25, 0.3) is 0 Å². The first-order chi connectivity index (χ1) is 9.22. The van der Waals surface area contributed by atoms with Crippen LogP contribution in [0.4, 0.5) is 0 Å². The van der Waals surface area contributed by atoms with Gasteiger partial charge in [0, 0.05) is 43.5 Å². The summed E-state index contributed by atoms with van der Waals surface area (Å²) in [4.78, 5) is 22.5. The van der Waals surface area contributed by atoms with Crippen LogP contribution in [0, 0.1) is 0 Å². The summed E-state index contributed by atoms with van der Waals surface area (Å²) in [7, 11) is 1.40. The van der Waals surface area contributed by atoms with E-state index in [9.17, 15) is 9.59 Å². The van der Waals surface area contributed by atoms with E-state index in [1.54, 1.807) is 0 Å². The Bertz CT molecular complexity index is 287. The second kappa shape index (κ2) is 12.3. The fraction of sp³-hybridized carbons (Fsp3) is 0.846. The number of amides is 1. The minimum Gasteiger partial charge on any atom is -0.469 e. The smallest absolute Gasteiger partial charge is 0.305 e. The summed E-state index contributed by atoms with van der Waals surface area (Å²) in [5, 5.41) is 6.27. The van der Waals surface area contributed by atoms with Gasteiger partial charge in [-0.05, 0) is 12.8 Å². The van der Waals surface area contributed by atoms with Gasteiger partial charge in [-0.15, -0.1) is 12.4 Å². The van der Waals surface area contributed by atoms with E-state index in [1.165, 1.54) is 7.11 Å². The number of ether oxygens (including phenoxy) is 1. The van der Waals surface area contributed by atoms with Crippen LogP contribution in [0.25, 0.3) is 0 Å². The molecule has 1 aliphatic heterocycles. The van der Waals surface area contributed by atoms with E-state index in [2.05, 4.69) is 15.4 Å². The molecule has 118 valence electrons. The largest absolute Gasteiger partial charge is 0.469 e. The van der Waals surface area contributed by atoms with Gasteiger partial charge in [-0.1, -0.05) is 6.42 Å². The first-order valence-corrected chi connectivity index (χ1v) is 8.02. The van der Waals surface area contributed by atoms with Crippen LogP contribution in [0.5, 0.6) is 0 Å². The number of hydrogen-bond acceptors (Lipinski definition) is 5. The Balaban J connectivity index is 0.00000361. The Kier molecular flexibility index (Phi) is 12.0. The molecule has 1 atom stereocenters. The molecule has 7 heteroatoms. The zero-order valence-electron chi connectivity index (χ0n) is 12.0. The Hall–Kier alpha value is -0.460. The van der Waals surface area contributed by atoms with E-state index in [1.807, 2.05) is 11.8 Å². The number of carbonyl (C=O) groups excluding carboxylic acids is 2. The Labute approximate surface area is 131 Å². The highest BCUT2D eigenvalue weighted by atomic mass is 35.5. The van der Waals surface area contributed by atoms with Crippen LogP contribution < -0.4 is 10.6 Å². The van der Waals surface area contributed by atoms with E-state index in [4.69, 9.17) is 0 Å². The Morgan fingerprint density at radius 2 is 2.15 bits per heavy atom. The van der Waals surface area contributed by atoms with Gasteiger partial charge in [-0.3, -0.25) is 9.59 Å². The molecule has 0 aromatic heterocycles. The van der Waals surface area contributed by atoms with E-state index < -0.39 is 0 Å². The summed E-state index contributed by atoms with van der Waals surface area (Å²) >= 11 is 1.90. The number of rotatable bonds is 8. The van der Waals surface area contributed by atoms with Crippen LogP contribution in [-0.2, 0) is 14.3 Å². The van der Waals surface area contributed by atoms with Gasteiger partial charge >= 0.3 is 5.97 Å². The van der Waals surface area contributed by atoms with E-state index >= 15 is 0 Å². The van der Waals surface area contributed by atoms with Crippen LogP contribution in [0.3, 0.4) is 0 Å². The third kappa shape index (κ3) is 9.44. The van der Waals surface area contributed by atoms with Gasteiger partial charge < -0.3 is 15.4 Å². The molecule has 1 unspecified atom stereocenters. The lowest BCUT2D eigenvalue weighted by Gasteiger charge is -2.22. The number of thioether (sulfide) groups is 1. The molecule has 0 aliphatic carbocycles. The SMILES string of the molecule is COC(=O)CCCCCNC(=O)CC1CSCCN1.Cl. The molecular weight excluding hydrogens is 300 g/mol. The molecule has 1 amide bonds. The highest BCUT2D eigenvalue weighted by Gasteiger charge is 2.16. The van der Waals surface area contributed by atoms with Gasteiger partial charge in [0.1, 0.15) is 0 Å². The third-order valence-corrected chi connectivity index (χ3v) is 4.17. The fourth-order valence-electron chi connectivity index (χ4n) is 1.95. The summed E-state index contributed by atoms with van der Waals surface area (Å²) in [5.41, 5.74) is 0. The highest BCUT2D eigenvalue weighted by Crippen LogP contribution is 2.10. The lowest BCUT2D eigenvalue weighted by molar-refractivity contribution is -0.140.